The zero-order valence-electron chi connectivity index (χ0n) is 7.49. The lowest BCUT2D eigenvalue weighted by Gasteiger charge is -2.31. The van der Waals surface area contributed by atoms with Crippen LogP contribution in [-0.2, 0) is 4.79 Å². The summed E-state index contributed by atoms with van der Waals surface area (Å²) in [5.41, 5.74) is 5.66. The first-order chi connectivity index (χ1) is 5.72. The van der Waals surface area contributed by atoms with Gasteiger partial charge in [0.05, 0.1) is 6.04 Å². The van der Waals surface area contributed by atoms with Crippen molar-refractivity contribution in [1.82, 2.24) is 10.2 Å². The molecule has 1 aliphatic heterocycles. The summed E-state index contributed by atoms with van der Waals surface area (Å²) >= 11 is 0. The molecule has 1 fully saturated rings. The van der Waals surface area contributed by atoms with Gasteiger partial charge in [0.15, 0.2) is 0 Å². The summed E-state index contributed by atoms with van der Waals surface area (Å²) in [5.74, 6) is 0. The molecule has 0 amide bonds. The molecule has 0 aromatic carbocycles. The summed E-state index contributed by atoms with van der Waals surface area (Å²) in [7, 11) is 0. The number of nitrogens with two attached hydrogens (primary N) is 1. The normalized spacial score (nSPS) is 28.3. The second-order valence-electron chi connectivity index (χ2n) is 3.43. The highest BCUT2D eigenvalue weighted by Crippen LogP contribution is 1.97. The second-order valence-corrected chi connectivity index (χ2v) is 3.43. The number of carbonyl (C=O) groups is 1. The van der Waals surface area contributed by atoms with Crippen molar-refractivity contribution in [3.05, 3.63) is 0 Å². The Balaban J connectivity index is 2.30. The van der Waals surface area contributed by atoms with Gasteiger partial charge in [0.1, 0.15) is 6.29 Å². The fraction of sp³-hybridized carbons (Fsp3) is 0.875. The van der Waals surface area contributed by atoms with E-state index in [4.69, 9.17) is 5.73 Å². The first-order valence-corrected chi connectivity index (χ1v) is 4.39. The Morgan fingerprint density at radius 2 is 2.58 bits per heavy atom. The average molecular weight is 171 g/mol. The van der Waals surface area contributed by atoms with E-state index in [1.165, 1.54) is 0 Å². The summed E-state index contributed by atoms with van der Waals surface area (Å²) in [5, 5.41) is 3.12. The van der Waals surface area contributed by atoms with Crippen molar-refractivity contribution < 1.29 is 4.79 Å². The molecule has 1 heterocycles. The summed E-state index contributed by atoms with van der Waals surface area (Å²) in [6.45, 7) is 5.54. The van der Waals surface area contributed by atoms with Crippen molar-refractivity contribution in [2.75, 3.05) is 26.2 Å². The van der Waals surface area contributed by atoms with Crippen molar-refractivity contribution in [3.8, 4) is 0 Å². The van der Waals surface area contributed by atoms with E-state index in [2.05, 4.69) is 10.2 Å². The third-order valence-electron chi connectivity index (χ3n) is 2.00. The Kier molecular flexibility index (Phi) is 3.65. The summed E-state index contributed by atoms with van der Waals surface area (Å²) in [6.07, 6.45) is 0.966. The molecular weight excluding hydrogens is 154 g/mol. The monoisotopic (exact) mass is 171 g/mol. The molecule has 4 nitrogen and oxygen atoms in total. The van der Waals surface area contributed by atoms with Gasteiger partial charge in [-0.3, -0.25) is 4.90 Å². The molecule has 4 heteroatoms. The molecule has 12 heavy (non-hydrogen) atoms. The molecular formula is C8H17N3O. The highest BCUT2D eigenvalue weighted by molar-refractivity contribution is 5.58. The van der Waals surface area contributed by atoms with Crippen molar-refractivity contribution in [3.63, 3.8) is 0 Å². The lowest BCUT2D eigenvalue weighted by molar-refractivity contribution is -0.110. The predicted molar refractivity (Wildman–Crippen MR) is 47.9 cm³/mol. The number of hydrogen-bond donors (Lipinski definition) is 2. The number of nitrogens with one attached hydrogen (secondary N) is 1. The minimum atomic E-state index is -0.00231. The Morgan fingerprint density at radius 3 is 3.17 bits per heavy atom. The van der Waals surface area contributed by atoms with E-state index < -0.39 is 0 Å². The van der Waals surface area contributed by atoms with E-state index >= 15 is 0 Å². The number of nitrogens with zero attached hydrogens (tertiary/aromatic N) is 1. The fourth-order valence-electron chi connectivity index (χ4n) is 1.51. The van der Waals surface area contributed by atoms with Crippen molar-refractivity contribution in [2.24, 2.45) is 5.73 Å². The highest BCUT2D eigenvalue weighted by atomic mass is 16.1. The molecule has 0 bridgehead atoms. The van der Waals surface area contributed by atoms with Gasteiger partial charge in [0.25, 0.3) is 0 Å². The van der Waals surface area contributed by atoms with Crippen molar-refractivity contribution >= 4 is 6.29 Å². The molecule has 3 N–H and O–H groups in total. The van der Waals surface area contributed by atoms with Crippen LogP contribution < -0.4 is 11.1 Å². The van der Waals surface area contributed by atoms with Gasteiger partial charge in [-0.15, -0.1) is 0 Å². The molecule has 0 aromatic rings. The Bertz CT molecular complexity index is 149. The SMILES string of the molecule is CC(N)CN1CCNC(C=O)C1. The number of carbonyl (C=O) groups excluding carboxylic acids is 1. The summed E-state index contributed by atoms with van der Waals surface area (Å²) in [6, 6.07) is 0.188. The summed E-state index contributed by atoms with van der Waals surface area (Å²) < 4.78 is 0. The van der Waals surface area contributed by atoms with Gasteiger partial charge in [0, 0.05) is 32.2 Å². The third-order valence-corrected chi connectivity index (χ3v) is 2.00. The topological polar surface area (TPSA) is 58.4 Å². The second kappa shape index (κ2) is 4.54. The van der Waals surface area contributed by atoms with E-state index in [-0.39, 0.29) is 12.1 Å². The van der Waals surface area contributed by atoms with Crippen LogP contribution in [0.4, 0.5) is 0 Å². The van der Waals surface area contributed by atoms with Crippen LogP contribution in [0.3, 0.4) is 0 Å². The molecule has 0 saturated carbocycles. The van der Waals surface area contributed by atoms with Crippen molar-refractivity contribution in [1.29, 1.82) is 0 Å². The Labute approximate surface area is 73.1 Å². The minimum absolute atomic E-state index is 0.00231. The van der Waals surface area contributed by atoms with E-state index in [9.17, 15) is 4.79 Å². The molecule has 0 spiro atoms. The van der Waals surface area contributed by atoms with Crippen LogP contribution in [-0.4, -0.2) is 49.4 Å². The van der Waals surface area contributed by atoms with Crippen LogP contribution in [0.25, 0.3) is 0 Å². The number of aldehydes is 1. The molecule has 0 aliphatic carbocycles. The molecule has 0 radical (unpaired) electrons. The van der Waals surface area contributed by atoms with Gasteiger partial charge >= 0.3 is 0 Å². The van der Waals surface area contributed by atoms with Gasteiger partial charge < -0.3 is 15.8 Å². The van der Waals surface area contributed by atoms with Gasteiger partial charge in [-0.05, 0) is 6.92 Å². The van der Waals surface area contributed by atoms with Crippen LogP contribution in [0.5, 0.6) is 0 Å². The standard InChI is InChI=1S/C8H17N3O/c1-7(9)4-11-3-2-10-8(5-11)6-12/h6-8,10H,2-5,9H2,1H3. The highest BCUT2D eigenvalue weighted by Gasteiger charge is 2.18. The number of hydrogen-bond acceptors (Lipinski definition) is 4. The summed E-state index contributed by atoms with van der Waals surface area (Å²) in [4.78, 5) is 12.7. The Hall–Kier alpha value is -0.450. The molecule has 0 aromatic heterocycles. The van der Waals surface area contributed by atoms with E-state index in [0.29, 0.717) is 0 Å². The number of piperazine rings is 1. The van der Waals surface area contributed by atoms with Gasteiger partial charge in [0.2, 0.25) is 0 Å². The van der Waals surface area contributed by atoms with E-state index in [1.807, 2.05) is 6.92 Å². The van der Waals surface area contributed by atoms with Gasteiger partial charge in [-0.1, -0.05) is 0 Å². The molecule has 70 valence electrons. The lowest BCUT2D eigenvalue weighted by Crippen LogP contribution is -2.53. The van der Waals surface area contributed by atoms with Crippen LogP contribution in [0.1, 0.15) is 6.92 Å². The zero-order chi connectivity index (χ0) is 8.97. The van der Waals surface area contributed by atoms with Crippen LogP contribution in [0, 0.1) is 0 Å². The maximum Gasteiger partial charge on any atom is 0.138 e. The number of rotatable bonds is 3. The largest absolute Gasteiger partial charge is 0.327 e. The smallest absolute Gasteiger partial charge is 0.138 e. The molecule has 2 atom stereocenters. The molecule has 1 saturated heterocycles. The maximum atomic E-state index is 10.5. The van der Waals surface area contributed by atoms with Gasteiger partial charge in [-0.25, -0.2) is 0 Å². The average Bonchev–Trinajstić information content (AvgIpc) is 2.03. The molecule has 2 unspecified atom stereocenters. The van der Waals surface area contributed by atoms with Crippen LogP contribution in [0.2, 0.25) is 0 Å². The maximum absolute atomic E-state index is 10.5. The molecule has 1 rings (SSSR count). The Morgan fingerprint density at radius 1 is 1.83 bits per heavy atom. The van der Waals surface area contributed by atoms with E-state index in [1.54, 1.807) is 0 Å². The van der Waals surface area contributed by atoms with Gasteiger partial charge in [-0.2, -0.15) is 0 Å². The zero-order valence-corrected chi connectivity index (χ0v) is 7.49. The first-order valence-electron chi connectivity index (χ1n) is 4.39. The van der Waals surface area contributed by atoms with Crippen molar-refractivity contribution in [2.45, 2.75) is 19.0 Å². The van der Waals surface area contributed by atoms with E-state index in [0.717, 1.165) is 32.5 Å². The fourth-order valence-corrected chi connectivity index (χ4v) is 1.51. The predicted octanol–water partition coefficient (Wildman–Crippen LogP) is -1.19. The molecule has 1 aliphatic rings. The van der Waals surface area contributed by atoms with Crippen LogP contribution >= 0.6 is 0 Å². The first kappa shape index (κ1) is 9.64. The van der Waals surface area contributed by atoms with Crippen LogP contribution in [0.15, 0.2) is 0 Å². The minimum Gasteiger partial charge on any atom is -0.327 e. The quantitative estimate of drug-likeness (QED) is 0.524. The lowest BCUT2D eigenvalue weighted by atomic mass is 10.2. The third kappa shape index (κ3) is 2.89.